The van der Waals surface area contributed by atoms with Crippen molar-refractivity contribution in [3.05, 3.63) is 42.2 Å². The van der Waals surface area contributed by atoms with Crippen LogP contribution in [0.4, 0.5) is 13.2 Å². The number of halogens is 3. The molecule has 5 nitrogen and oxygen atoms in total. The molecule has 0 unspecified atom stereocenters. The monoisotopic (exact) mass is 313 g/mol. The number of alkyl halides is 3. The number of rotatable bonds is 4. The van der Waals surface area contributed by atoms with E-state index in [2.05, 4.69) is 9.72 Å². The van der Waals surface area contributed by atoms with Crippen LogP contribution in [0.15, 0.2) is 36.7 Å². The van der Waals surface area contributed by atoms with Gasteiger partial charge in [0.1, 0.15) is 11.5 Å². The quantitative estimate of drug-likeness (QED) is 0.937. The molecule has 0 saturated carbocycles. The summed E-state index contributed by atoms with van der Waals surface area (Å²) in [5, 5.41) is 9.02. The van der Waals surface area contributed by atoms with Crippen molar-refractivity contribution >= 4 is 5.97 Å². The number of ether oxygens (including phenoxy) is 2. The van der Waals surface area contributed by atoms with E-state index in [0.29, 0.717) is 11.3 Å². The predicted molar refractivity (Wildman–Crippen MR) is 69.9 cm³/mol. The van der Waals surface area contributed by atoms with Gasteiger partial charge in [-0.15, -0.1) is 13.2 Å². The van der Waals surface area contributed by atoms with Crippen LogP contribution in [0.5, 0.6) is 11.5 Å². The standard InChI is InChI=1S/C14H10F3NO4/c1-21-12-2-3-18-7-11(12)8-4-9(13(19)20)6-10(5-8)22-14(15,16)17/h2-7H,1H3,(H,19,20). The Morgan fingerprint density at radius 2 is 2.00 bits per heavy atom. The summed E-state index contributed by atoms with van der Waals surface area (Å²) in [4.78, 5) is 14.9. The topological polar surface area (TPSA) is 68.7 Å². The maximum atomic E-state index is 12.3. The SMILES string of the molecule is COc1ccncc1-c1cc(OC(F)(F)F)cc(C(=O)O)c1. The number of hydrogen-bond donors (Lipinski definition) is 1. The average Bonchev–Trinajstić information content (AvgIpc) is 2.45. The van der Waals surface area contributed by atoms with E-state index >= 15 is 0 Å². The van der Waals surface area contributed by atoms with Crippen LogP contribution in [-0.4, -0.2) is 29.5 Å². The lowest BCUT2D eigenvalue weighted by molar-refractivity contribution is -0.274. The van der Waals surface area contributed by atoms with E-state index < -0.39 is 18.1 Å². The molecule has 0 aliphatic carbocycles. The van der Waals surface area contributed by atoms with E-state index in [0.717, 1.165) is 12.1 Å². The molecule has 1 heterocycles. The van der Waals surface area contributed by atoms with E-state index in [4.69, 9.17) is 9.84 Å². The Labute approximate surface area is 122 Å². The van der Waals surface area contributed by atoms with Gasteiger partial charge in [0.05, 0.1) is 12.7 Å². The van der Waals surface area contributed by atoms with Crippen molar-refractivity contribution in [1.82, 2.24) is 4.98 Å². The molecule has 2 rings (SSSR count). The van der Waals surface area contributed by atoms with Gasteiger partial charge in [0.2, 0.25) is 0 Å². The normalized spacial score (nSPS) is 11.1. The number of aromatic carboxylic acids is 1. The van der Waals surface area contributed by atoms with Crippen LogP contribution in [0.25, 0.3) is 11.1 Å². The van der Waals surface area contributed by atoms with Crippen LogP contribution >= 0.6 is 0 Å². The first kappa shape index (κ1) is 15.6. The zero-order valence-corrected chi connectivity index (χ0v) is 11.2. The van der Waals surface area contributed by atoms with Crippen LogP contribution in [-0.2, 0) is 0 Å². The molecule has 0 spiro atoms. The van der Waals surface area contributed by atoms with Gasteiger partial charge < -0.3 is 14.6 Å². The second-order valence-electron chi connectivity index (χ2n) is 4.17. The number of hydrogen-bond acceptors (Lipinski definition) is 4. The van der Waals surface area contributed by atoms with E-state index in [1.54, 1.807) is 0 Å². The minimum absolute atomic E-state index is 0.184. The number of aromatic nitrogens is 1. The summed E-state index contributed by atoms with van der Waals surface area (Å²) in [5.41, 5.74) is 0.187. The summed E-state index contributed by atoms with van der Waals surface area (Å²) < 4.78 is 45.9. The minimum atomic E-state index is -4.92. The number of methoxy groups -OCH3 is 1. The summed E-state index contributed by atoms with van der Waals surface area (Å²) >= 11 is 0. The molecule has 0 aliphatic rings. The highest BCUT2D eigenvalue weighted by molar-refractivity contribution is 5.90. The number of nitrogens with zero attached hydrogens (tertiary/aromatic N) is 1. The third-order valence-electron chi connectivity index (χ3n) is 2.70. The maximum absolute atomic E-state index is 12.3. The maximum Gasteiger partial charge on any atom is 0.573 e. The van der Waals surface area contributed by atoms with E-state index in [9.17, 15) is 18.0 Å². The molecule has 0 aliphatic heterocycles. The molecule has 1 aromatic heterocycles. The van der Waals surface area contributed by atoms with Crippen molar-refractivity contribution in [1.29, 1.82) is 0 Å². The molecular formula is C14H10F3NO4. The van der Waals surface area contributed by atoms with Gasteiger partial charge in [0.25, 0.3) is 0 Å². The third-order valence-corrected chi connectivity index (χ3v) is 2.70. The van der Waals surface area contributed by atoms with Gasteiger partial charge in [0.15, 0.2) is 0 Å². The van der Waals surface area contributed by atoms with Gasteiger partial charge in [-0.25, -0.2) is 4.79 Å². The highest BCUT2D eigenvalue weighted by Gasteiger charge is 2.31. The van der Waals surface area contributed by atoms with Gasteiger partial charge in [-0.1, -0.05) is 0 Å². The van der Waals surface area contributed by atoms with Crippen molar-refractivity contribution in [2.24, 2.45) is 0 Å². The van der Waals surface area contributed by atoms with E-state index in [-0.39, 0.29) is 11.1 Å². The van der Waals surface area contributed by atoms with Crippen molar-refractivity contribution < 1.29 is 32.5 Å². The Kier molecular flexibility index (Phi) is 4.20. The number of carboxylic acids is 1. The first-order valence-electron chi connectivity index (χ1n) is 5.92. The lowest BCUT2D eigenvalue weighted by atomic mass is 10.0. The fraction of sp³-hybridized carbons (Fsp3) is 0.143. The Morgan fingerprint density at radius 3 is 2.59 bits per heavy atom. The Bertz CT molecular complexity index is 701. The molecule has 8 heteroatoms. The summed E-state index contributed by atoms with van der Waals surface area (Å²) in [6, 6.07) is 4.58. The molecule has 0 radical (unpaired) electrons. The van der Waals surface area contributed by atoms with Crippen LogP contribution in [0.3, 0.4) is 0 Å². The summed E-state index contributed by atoms with van der Waals surface area (Å²) in [6.45, 7) is 0. The number of carbonyl (C=O) groups is 1. The minimum Gasteiger partial charge on any atom is -0.496 e. The number of benzene rings is 1. The number of pyridine rings is 1. The molecular weight excluding hydrogens is 303 g/mol. The van der Waals surface area contributed by atoms with Crippen molar-refractivity contribution in [2.75, 3.05) is 7.11 Å². The van der Waals surface area contributed by atoms with Gasteiger partial charge in [0, 0.05) is 18.0 Å². The second kappa shape index (κ2) is 5.92. The van der Waals surface area contributed by atoms with Crippen LogP contribution in [0.2, 0.25) is 0 Å². The zero-order valence-electron chi connectivity index (χ0n) is 11.2. The van der Waals surface area contributed by atoms with Crippen LogP contribution in [0, 0.1) is 0 Å². The smallest absolute Gasteiger partial charge is 0.496 e. The highest BCUT2D eigenvalue weighted by Crippen LogP contribution is 2.34. The highest BCUT2D eigenvalue weighted by atomic mass is 19.4. The summed E-state index contributed by atoms with van der Waals surface area (Å²) in [7, 11) is 1.38. The molecule has 22 heavy (non-hydrogen) atoms. The van der Waals surface area contributed by atoms with Crippen molar-refractivity contribution in [3.63, 3.8) is 0 Å². The van der Waals surface area contributed by atoms with E-state index in [1.807, 2.05) is 0 Å². The lowest BCUT2D eigenvalue weighted by Crippen LogP contribution is -2.17. The van der Waals surface area contributed by atoms with Crippen molar-refractivity contribution in [3.8, 4) is 22.6 Å². The molecule has 2 aromatic rings. The molecule has 1 N–H and O–H groups in total. The molecule has 0 amide bonds. The van der Waals surface area contributed by atoms with Gasteiger partial charge in [-0.05, 0) is 29.8 Å². The first-order valence-corrected chi connectivity index (χ1v) is 5.92. The summed E-state index contributed by atoms with van der Waals surface area (Å²) in [6.07, 6.45) is -2.12. The van der Waals surface area contributed by atoms with Gasteiger partial charge in [-0.3, -0.25) is 4.98 Å². The Balaban J connectivity index is 2.57. The second-order valence-corrected chi connectivity index (χ2v) is 4.17. The molecule has 116 valence electrons. The first-order chi connectivity index (χ1) is 10.3. The third kappa shape index (κ3) is 3.66. The predicted octanol–water partition coefficient (Wildman–Crippen LogP) is 3.35. The fourth-order valence-electron chi connectivity index (χ4n) is 1.85. The van der Waals surface area contributed by atoms with Gasteiger partial charge in [-0.2, -0.15) is 0 Å². The largest absolute Gasteiger partial charge is 0.573 e. The molecule has 0 atom stereocenters. The molecule has 0 bridgehead atoms. The fourth-order valence-corrected chi connectivity index (χ4v) is 1.85. The zero-order chi connectivity index (χ0) is 16.3. The average molecular weight is 313 g/mol. The van der Waals surface area contributed by atoms with Crippen LogP contribution < -0.4 is 9.47 Å². The summed E-state index contributed by atoms with van der Waals surface area (Å²) in [5.74, 6) is -1.67. The number of carboxylic acid groups (broad SMARTS) is 1. The Hall–Kier alpha value is -2.77. The molecule has 1 aromatic carbocycles. The molecule has 0 saturated heterocycles. The molecule has 0 fully saturated rings. The van der Waals surface area contributed by atoms with E-state index in [1.165, 1.54) is 31.6 Å². The lowest BCUT2D eigenvalue weighted by Gasteiger charge is -2.13. The van der Waals surface area contributed by atoms with Crippen LogP contribution in [0.1, 0.15) is 10.4 Å². The Morgan fingerprint density at radius 1 is 1.27 bits per heavy atom. The van der Waals surface area contributed by atoms with Gasteiger partial charge >= 0.3 is 12.3 Å². The van der Waals surface area contributed by atoms with Crippen molar-refractivity contribution in [2.45, 2.75) is 6.36 Å².